The molecule has 0 amide bonds. The summed E-state index contributed by atoms with van der Waals surface area (Å²) in [5, 5.41) is 3.47. The maximum atomic E-state index is 5.87. The normalized spacial score (nSPS) is 14.8. The molecule has 0 bridgehead atoms. The Labute approximate surface area is 126 Å². The number of rotatable bonds is 8. The fraction of sp³-hybridized carbons (Fsp3) is 0.471. The summed E-state index contributed by atoms with van der Waals surface area (Å²) in [6, 6.07) is 9.04. The van der Waals surface area contributed by atoms with E-state index in [2.05, 4.69) is 46.5 Å². The molecule has 1 fully saturated rings. The van der Waals surface area contributed by atoms with Gasteiger partial charge in [0.1, 0.15) is 11.5 Å². The zero-order valence-corrected chi connectivity index (χ0v) is 12.6. The van der Waals surface area contributed by atoms with Crippen molar-refractivity contribution < 1.29 is 4.42 Å². The van der Waals surface area contributed by atoms with E-state index < -0.39 is 0 Å². The van der Waals surface area contributed by atoms with Crippen molar-refractivity contribution in [1.29, 1.82) is 0 Å². The topological polar surface area (TPSA) is 41.3 Å². The third-order valence-electron chi connectivity index (χ3n) is 3.82. The zero-order chi connectivity index (χ0) is 14.5. The Kier molecular flexibility index (Phi) is 4.68. The van der Waals surface area contributed by atoms with Gasteiger partial charge in [-0.3, -0.25) is 9.88 Å². The van der Waals surface area contributed by atoms with Crippen LogP contribution in [0.4, 0.5) is 0 Å². The zero-order valence-electron chi connectivity index (χ0n) is 12.6. The first-order chi connectivity index (χ1) is 10.3. The maximum Gasteiger partial charge on any atom is 0.118 e. The molecular formula is C17H23N3O. The van der Waals surface area contributed by atoms with Gasteiger partial charge < -0.3 is 9.73 Å². The molecule has 0 spiro atoms. The van der Waals surface area contributed by atoms with E-state index in [0.29, 0.717) is 0 Å². The molecule has 0 unspecified atom stereocenters. The highest BCUT2D eigenvalue weighted by atomic mass is 16.3. The minimum absolute atomic E-state index is 0.724. The molecule has 2 heterocycles. The second-order valence-electron chi connectivity index (χ2n) is 5.87. The Hall–Kier alpha value is -1.65. The molecule has 4 heteroatoms. The predicted octanol–water partition coefficient (Wildman–Crippen LogP) is 2.60. The van der Waals surface area contributed by atoms with Crippen molar-refractivity contribution in [2.24, 2.45) is 0 Å². The van der Waals surface area contributed by atoms with Gasteiger partial charge in [0.25, 0.3) is 0 Å². The molecule has 3 rings (SSSR count). The van der Waals surface area contributed by atoms with Crippen LogP contribution in [-0.4, -0.2) is 29.5 Å². The van der Waals surface area contributed by atoms with E-state index >= 15 is 0 Å². The molecule has 0 aliphatic heterocycles. The first-order valence-corrected chi connectivity index (χ1v) is 7.68. The van der Waals surface area contributed by atoms with E-state index in [9.17, 15) is 0 Å². The summed E-state index contributed by atoms with van der Waals surface area (Å²) in [6.45, 7) is 2.72. The summed E-state index contributed by atoms with van der Waals surface area (Å²) in [6.07, 6.45) is 7.36. The van der Waals surface area contributed by atoms with Crippen LogP contribution in [0.25, 0.3) is 0 Å². The first-order valence-electron chi connectivity index (χ1n) is 7.68. The van der Waals surface area contributed by atoms with Crippen LogP contribution in [0.3, 0.4) is 0 Å². The van der Waals surface area contributed by atoms with Gasteiger partial charge in [-0.1, -0.05) is 0 Å². The summed E-state index contributed by atoms with van der Waals surface area (Å²) >= 11 is 0. The molecule has 112 valence electrons. The number of nitrogens with zero attached hydrogens (tertiary/aromatic N) is 2. The SMILES string of the molecule is CN(CCc1ccncc1)Cc1ccc(CNC2CC2)o1. The molecule has 1 aliphatic rings. The van der Waals surface area contributed by atoms with E-state index in [1.807, 2.05) is 12.4 Å². The second kappa shape index (κ2) is 6.87. The van der Waals surface area contributed by atoms with Gasteiger partial charge >= 0.3 is 0 Å². The van der Waals surface area contributed by atoms with Crippen molar-refractivity contribution in [3.8, 4) is 0 Å². The van der Waals surface area contributed by atoms with Crippen LogP contribution < -0.4 is 5.32 Å². The van der Waals surface area contributed by atoms with E-state index in [4.69, 9.17) is 4.42 Å². The van der Waals surface area contributed by atoms with Gasteiger partial charge in [0.15, 0.2) is 0 Å². The van der Waals surface area contributed by atoms with Crippen LogP contribution in [0.5, 0.6) is 0 Å². The molecule has 1 saturated carbocycles. The average Bonchev–Trinajstić information content (AvgIpc) is 3.24. The van der Waals surface area contributed by atoms with Crippen molar-refractivity contribution in [3.63, 3.8) is 0 Å². The Morgan fingerprint density at radius 1 is 1.19 bits per heavy atom. The van der Waals surface area contributed by atoms with E-state index in [1.165, 1.54) is 18.4 Å². The van der Waals surface area contributed by atoms with E-state index in [1.54, 1.807) is 0 Å². The molecule has 2 aromatic heterocycles. The van der Waals surface area contributed by atoms with E-state index in [-0.39, 0.29) is 0 Å². The Morgan fingerprint density at radius 3 is 2.71 bits per heavy atom. The molecule has 0 saturated heterocycles. The summed E-state index contributed by atoms with van der Waals surface area (Å²) in [5.41, 5.74) is 1.32. The van der Waals surface area contributed by atoms with Gasteiger partial charge in [-0.15, -0.1) is 0 Å². The number of nitrogens with one attached hydrogen (secondary N) is 1. The number of furan rings is 1. The van der Waals surface area contributed by atoms with Gasteiger partial charge in [0.2, 0.25) is 0 Å². The van der Waals surface area contributed by atoms with Gasteiger partial charge in [-0.25, -0.2) is 0 Å². The quantitative estimate of drug-likeness (QED) is 0.809. The highest BCUT2D eigenvalue weighted by Gasteiger charge is 2.20. The standard InChI is InChI=1S/C17H23N3O/c1-20(11-8-14-6-9-18-10-7-14)13-17-5-4-16(21-17)12-19-15-2-3-15/h4-7,9-10,15,19H,2-3,8,11-13H2,1H3. The van der Waals surface area contributed by atoms with E-state index in [0.717, 1.165) is 43.6 Å². The number of aromatic nitrogens is 1. The maximum absolute atomic E-state index is 5.87. The summed E-state index contributed by atoms with van der Waals surface area (Å²) < 4.78 is 5.87. The number of hydrogen-bond acceptors (Lipinski definition) is 4. The first kappa shape index (κ1) is 14.3. The van der Waals surface area contributed by atoms with Crippen LogP contribution in [0.2, 0.25) is 0 Å². The van der Waals surface area contributed by atoms with Crippen LogP contribution in [0, 0.1) is 0 Å². The van der Waals surface area contributed by atoms with Crippen LogP contribution >= 0.6 is 0 Å². The monoisotopic (exact) mass is 285 g/mol. The van der Waals surface area contributed by atoms with Gasteiger partial charge in [-0.2, -0.15) is 0 Å². The minimum atomic E-state index is 0.724. The lowest BCUT2D eigenvalue weighted by Gasteiger charge is -2.14. The van der Waals surface area contributed by atoms with Gasteiger partial charge in [-0.05, 0) is 56.1 Å². The molecule has 1 aliphatic carbocycles. The van der Waals surface area contributed by atoms with Gasteiger partial charge in [0, 0.05) is 25.0 Å². The Morgan fingerprint density at radius 2 is 1.95 bits per heavy atom. The average molecular weight is 285 g/mol. The predicted molar refractivity (Wildman–Crippen MR) is 82.8 cm³/mol. The number of hydrogen-bond donors (Lipinski definition) is 1. The molecule has 4 nitrogen and oxygen atoms in total. The third kappa shape index (κ3) is 4.69. The second-order valence-corrected chi connectivity index (χ2v) is 5.87. The third-order valence-corrected chi connectivity index (χ3v) is 3.82. The lowest BCUT2D eigenvalue weighted by molar-refractivity contribution is 0.292. The highest BCUT2D eigenvalue weighted by molar-refractivity contribution is 5.10. The van der Waals surface area contributed by atoms with Crippen LogP contribution in [-0.2, 0) is 19.5 Å². The smallest absolute Gasteiger partial charge is 0.118 e. The van der Waals surface area contributed by atoms with Crippen LogP contribution in [0.15, 0.2) is 41.1 Å². The summed E-state index contributed by atoms with van der Waals surface area (Å²) in [4.78, 5) is 6.33. The number of likely N-dealkylation sites (N-methyl/N-ethyl adjacent to an activating group) is 1. The molecule has 0 aromatic carbocycles. The van der Waals surface area contributed by atoms with Crippen molar-refractivity contribution in [3.05, 3.63) is 53.7 Å². The minimum Gasteiger partial charge on any atom is -0.463 e. The number of pyridine rings is 1. The van der Waals surface area contributed by atoms with Crippen molar-refractivity contribution >= 4 is 0 Å². The van der Waals surface area contributed by atoms with Crippen molar-refractivity contribution in [2.45, 2.75) is 38.4 Å². The molecular weight excluding hydrogens is 262 g/mol. The fourth-order valence-corrected chi connectivity index (χ4v) is 2.35. The lowest BCUT2D eigenvalue weighted by atomic mass is 10.2. The lowest BCUT2D eigenvalue weighted by Crippen LogP contribution is -2.20. The Bertz CT molecular complexity index is 548. The fourth-order valence-electron chi connectivity index (χ4n) is 2.35. The van der Waals surface area contributed by atoms with Gasteiger partial charge in [0.05, 0.1) is 13.1 Å². The Balaban J connectivity index is 1.42. The molecule has 0 atom stereocenters. The highest BCUT2D eigenvalue weighted by Crippen LogP contribution is 2.19. The molecule has 2 aromatic rings. The molecule has 0 radical (unpaired) electrons. The van der Waals surface area contributed by atoms with Crippen molar-refractivity contribution in [2.75, 3.05) is 13.6 Å². The molecule has 1 N–H and O–H groups in total. The van der Waals surface area contributed by atoms with Crippen molar-refractivity contribution in [1.82, 2.24) is 15.2 Å². The summed E-state index contributed by atoms with van der Waals surface area (Å²) in [7, 11) is 2.13. The summed E-state index contributed by atoms with van der Waals surface area (Å²) in [5.74, 6) is 2.08. The molecule has 21 heavy (non-hydrogen) atoms. The largest absolute Gasteiger partial charge is 0.463 e. The van der Waals surface area contributed by atoms with Crippen LogP contribution in [0.1, 0.15) is 29.9 Å².